The lowest BCUT2D eigenvalue weighted by molar-refractivity contribution is 0.289. The van der Waals surface area contributed by atoms with Crippen LogP contribution in [-0.2, 0) is 6.42 Å². The minimum Gasteiger partial charge on any atom is -0.359 e. The van der Waals surface area contributed by atoms with Crippen LogP contribution in [0.2, 0.25) is 0 Å². The van der Waals surface area contributed by atoms with E-state index in [-0.39, 0.29) is 0 Å². The first-order chi connectivity index (χ1) is 8.33. The molecule has 0 unspecified atom stereocenters. The van der Waals surface area contributed by atoms with Crippen LogP contribution >= 0.6 is 11.5 Å². The highest BCUT2D eigenvalue weighted by Crippen LogP contribution is 2.26. The van der Waals surface area contributed by atoms with Gasteiger partial charge in [-0.1, -0.05) is 13.8 Å². The Hall–Kier alpha value is -0.680. The molecule has 5 heteroatoms. The number of aryl methyl sites for hydroxylation is 1. The van der Waals surface area contributed by atoms with Crippen LogP contribution in [0, 0.1) is 0 Å². The molecule has 96 valence electrons. The van der Waals surface area contributed by atoms with Crippen molar-refractivity contribution in [2.75, 3.05) is 25.0 Å². The molecular formula is C12H22N4S. The van der Waals surface area contributed by atoms with Crippen LogP contribution in [-0.4, -0.2) is 39.9 Å². The maximum absolute atomic E-state index is 4.46. The van der Waals surface area contributed by atoms with Gasteiger partial charge in [0.25, 0.3) is 0 Å². The SMILES string of the molecule is CCCc1nsc(NCCN(CC)C2CC2)n1. The molecule has 1 aliphatic carbocycles. The Balaban J connectivity index is 1.69. The van der Waals surface area contributed by atoms with Crippen LogP contribution in [0.4, 0.5) is 5.13 Å². The largest absolute Gasteiger partial charge is 0.359 e. The van der Waals surface area contributed by atoms with E-state index in [9.17, 15) is 0 Å². The number of aromatic nitrogens is 2. The maximum Gasteiger partial charge on any atom is 0.202 e. The third kappa shape index (κ3) is 3.92. The fraction of sp³-hybridized carbons (Fsp3) is 0.833. The Morgan fingerprint density at radius 2 is 2.24 bits per heavy atom. The maximum atomic E-state index is 4.46. The minimum absolute atomic E-state index is 0.854. The zero-order valence-electron chi connectivity index (χ0n) is 10.8. The summed E-state index contributed by atoms with van der Waals surface area (Å²) in [6.45, 7) is 7.64. The lowest BCUT2D eigenvalue weighted by atomic mass is 10.3. The number of rotatable bonds is 8. The summed E-state index contributed by atoms with van der Waals surface area (Å²) in [7, 11) is 0. The molecule has 0 aliphatic heterocycles. The average Bonchev–Trinajstić information content (AvgIpc) is 3.07. The van der Waals surface area contributed by atoms with Gasteiger partial charge in [-0.2, -0.15) is 4.37 Å². The van der Waals surface area contributed by atoms with Gasteiger partial charge in [0.15, 0.2) is 0 Å². The second-order valence-electron chi connectivity index (χ2n) is 4.55. The zero-order chi connectivity index (χ0) is 12.1. The van der Waals surface area contributed by atoms with E-state index in [1.54, 1.807) is 0 Å². The molecule has 17 heavy (non-hydrogen) atoms. The second-order valence-corrected chi connectivity index (χ2v) is 5.30. The van der Waals surface area contributed by atoms with Gasteiger partial charge in [0, 0.05) is 37.1 Å². The molecule has 2 rings (SSSR count). The summed E-state index contributed by atoms with van der Waals surface area (Å²) in [6, 6.07) is 0.854. The predicted octanol–water partition coefficient (Wildman–Crippen LogP) is 2.39. The molecule has 0 spiro atoms. The predicted molar refractivity (Wildman–Crippen MR) is 72.7 cm³/mol. The monoisotopic (exact) mass is 254 g/mol. The van der Waals surface area contributed by atoms with E-state index in [4.69, 9.17) is 0 Å². The van der Waals surface area contributed by atoms with Crippen molar-refractivity contribution in [1.82, 2.24) is 14.3 Å². The van der Waals surface area contributed by atoms with Crippen molar-refractivity contribution in [3.63, 3.8) is 0 Å². The lowest BCUT2D eigenvalue weighted by Gasteiger charge is -2.19. The van der Waals surface area contributed by atoms with Gasteiger partial charge >= 0.3 is 0 Å². The molecular weight excluding hydrogens is 232 g/mol. The summed E-state index contributed by atoms with van der Waals surface area (Å²) < 4.78 is 4.33. The van der Waals surface area contributed by atoms with Crippen LogP contribution in [0.5, 0.6) is 0 Å². The molecule has 1 fully saturated rings. The molecule has 0 aromatic carbocycles. The standard InChI is InChI=1S/C12H22N4S/c1-3-5-11-14-12(17-15-11)13-8-9-16(4-2)10-6-7-10/h10H,3-9H2,1-2H3,(H,13,14,15). The molecule has 1 saturated carbocycles. The quantitative estimate of drug-likeness (QED) is 0.773. The van der Waals surface area contributed by atoms with Crippen LogP contribution in [0.3, 0.4) is 0 Å². The van der Waals surface area contributed by atoms with E-state index >= 15 is 0 Å². The van der Waals surface area contributed by atoms with Crippen molar-refractivity contribution in [2.45, 2.75) is 45.6 Å². The lowest BCUT2D eigenvalue weighted by Crippen LogP contribution is -2.30. The van der Waals surface area contributed by atoms with Gasteiger partial charge in [-0.15, -0.1) is 0 Å². The molecule has 0 bridgehead atoms. The van der Waals surface area contributed by atoms with E-state index in [0.717, 1.165) is 49.5 Å². The van der Waals surface area contributed by atoms with Crippen LogP contribution < -0.4 is 5.32 Å². The summed E-state index contributed by atoms with van der Waals surface area (Å²) >= 11 is 1.48. The topological polar surface area (TPSA) is 41.1 Å². The Morgan fingerprint density at radius 1 is 1.41 bits per heavy atom. The normalized spacial score (nSPS) is 15.5. The van der Waals surface area contributed by atoms with Crippen molar-refractivity contribution in [3.05, 3.63) is 5.82 Å². The first kappa shape index (κ1) is 12.8. The van der Waals surface area contributed by atoms with Crippen LogP contribution in [0.1, 0.15) is 38.9 Å². The molecule has 1 aliphatic rings. The van der Waals surface area contributed by atoms with Gasteiger partial charge in [0.1, 0.15) is 5.82 Å². The van der Waals surface area contributed by atoms with Crippen molar-refractivity contribution in [1.29, 1.82) is 0 Å². The molecule has 0 atom stereocenters. The smallest absolute Gasteiger partial charge is 0.202 e. The summed E-state index contributed by atoms with van der Waals surface area (Å²) in [5.74, 6) is 0.981. The van der Waals surface area contributed by atoms with Crippen LogP contribution in [0.25, 0.3) is 0 Å². The molecule has 0 saturated heterocycles. The number of hydrogen-bond donors (Lipinski definition) is 1. The van der Waals surface area contributed by atoms with Crippen molar-refractivity contribution in [3.8, 4) is 0 Å². The van der Waals surface area contributed by atoms with Crippen molar-refractivity contribution < 1.29 is 0 Å². The van der Waals surface area contributed by atoms with Gasteiger partial charge in [-0.3, -0.25) is 4.90 Å². The molecule has 4 nitrogen and oxygen atoms in total. The molecule has 1 heterocycles. The summed E-state index contributed by atoms with van der Waals surface area (Å²) in [4.78, 5) is 7.00. The Morgan fingerprint density at radius 3 is 2.88 bits per heavy atom. The second kappa shape index (κ2) is 6.31. The summed E-state index contributed by atoms with van der Waals surface area (Å²) in [6.07, 6.45) is 4.86. The molecule has 1 aromatic rings. The fourth-order valence-electron chi connectivity index (χ4n) is 2.00. The van der Waals surface area contributed by atoms with Gasteiger partial charge < -0.3 is 5.32 Å². The Kier molecular flexibility index (Phi) is 4.74. The summed E-state index contributed by atoms with van der Waals surface area (Å²) in [5.41, 5.74) is 0. The van der Waals surface area contributed by atoms with Crippen molar-refractivity contribution >= 4 is 16.7 Å². The highest BCUT2D eigenvalue weighted by atomic mass is 32.1. The number of nitrogens with zero attached hydrogens (tertiary/aromatic N) is 3. The average molecular weight is 254 g/mol. The summed E-state index contributed by atoms with van der Waals surface area (Å²) in [5, 5.41) is 4.35. The van der Waals surface area contributed by atoms with E-state index in [2.05, 4.69) is 33.4 Å². The highest BCUT2D eigenvalue weighted by molar-refractivity contribution is 7.09. The van der Waals surface area contributed by atoms with Gasteiger partial charge in [-0.25, -0.2) is 4.98 Å². The number of hydrogen-bond acceptors (Lipinski definition) is 5. The number of anilines is 1. The van der Waals surface area contributed by atoms with Gasteiger partial charge in [-0.05, 0) is 25.8 Å². The molecule has 0 amide bonds. The third-order valence-corrected chi connectivity index (χ3v) is 3.80. The molecule has 0 radical (unpaired) electrons. The van der Waals surface area contributed by atoms with E-state index in [1.165, 1.54) is 24.4 Å². The van der Waals surface area contributed by atoms with Gasteiger partial charge in [0.2, 0.25) is 5.13 Å². The third-order valence-electron chi connectivity index (χ3n) is 3.09. The molecule has 1 aromatic heterocycles. The first-order valence-electron chi connectivity index (χ1n) is 6.64. The van der Waals surface area contributed by atoms with E-state index < -0.39 is 0 Å². The van der Waals surface area contributed by atoms with Crippen LogP contribution in [0.15, 0.2) is 0 Å². The fourth-order valence-corrected chi connectivity index (χ4v) is 2.63. The minimum atomic E-state index is 0.854. The highest BCUT2D eigenvalue weighted by Gasteiger charge is 2.27. The van der Waals surface area contributed by atoms with E-state index in [0.29, 0.717) is 0 Å². The van der Waals surface area contributed by atoms with E-state index in [1.807, 2.05) is 0 Å². The van der Waals surface area contributed by atoms with Crippen molar-refractivity contribution in [2.24, 2.45) is 0 Å². The first-order valence-corrected chi connectivity index (χ1v) is 7.41. The Bertz CT molecular complexity index is 335. The molecule has 1 N–H and O–H groups in total. The number of nitrogens with one attached hydrogen (secondary N) is 1. The number of likely N-dealkylation sites (N-methyl/N-ethyl adjacent to an activating group) is 1. The Labute approximate surface area is 108 Å². The van der Waals surface area contributed by atoms with Gasteiger partial charge in [0.05, 0.1) is 0 Å². The zero-order valence-corrected chi connectivity index (χ0v) is 11.6.